The first-order valence-electron chi connectivity index (χ1n) is 2.03. The Morgan fingerprint density at radius 3 is 1.83 bits per heavy atom. The van der Waals surface area contributed by atoms with E-state index < -0.39 is 0 Å². The van der Waals surface area contributed by atoms with Gasteiger partial charge >= 0.3 is 0 Å². The molecule has 0 amide bonds. The van der Waals surface area contributed by atoms with Gasteiger partial charge in [0.15, 0.2) is 0 Å². The maximum absolute atomic E-state index is 5.29. The Morgan fingerprint density at radius 2 is 1.83 bits per heavy atom. The van der Waals surface area contributed by atoms with Crippen LogP contribution in [0.2, 0.25) is 0 Å². The van der Waals surface area contributed by atoms with Crippen LogP contribution < -0.4 is 5.73 Å². The van der Waals surface area contributed by atoms with Crippen LogP contribution in [0.15, 0.2) is 0 Å². The Morgan fingerprint density at radius 1 is 1.67 bits per heavy atom. The van der Waals surface area contributed by atoms with Crippen LogP contribution in [0.25, 0.3) is 0 Å². The van der Waals surface area contributed by atoms with Gasteiger partial charge in [-0.1, -0.05) is 6.92 Å². The molecule has 1 nitrogen and oxygen atoms in total. The van der Waals surface area contributed by atoms with Crippen LogP contribution in [0.5, 0.6) is 0 Å². The van der Waals surface area contributed by atoms with Gasteiger partial charge in [-0.3, -0.25) is 0 Å². The van der Waals surface area contributed by atoms with E-state index in [4.69, 9.17) is 5.73 Å². The minimum atomic E-state index is 0. The third-order valence-corrected chi connectivity index (χ3v) is 0.644. The van der Waals surface area contributed by atoms with Crippen molar-refractivity contribution in [1.82, 2.24) is 0 Å². The Bertz CT molecular complexity index is 21.5. The maximum Gasteiger partial charge on any atom is 0.000781 e. The predicted octanol–water partition coefficient (Wildman–Crippen LogP) is 0.741. The molecule has 0 saturated carbocycles. The summed E-state index contributed by atoms with van der Waals surface area (Å²) in [6, 6.07) is 0.384. The molecule has 43 valence electrons. The summed E-state index contributed by atoms with van der Waals surface area (Å²) in [5.74, 6) is 0. The average Bonchev–Trinajstić information content (AvgIpc) is 1.38. The molecular weight excluding hydrogens is 126 g/mol. The number of nitrogens with two attached hydrogens (primary N) is 1. The molecule has 0 fully saturated rings. The van der Waals surface area contributed by atoms with E-state index in [2.05, 4.69) is 6.92 Å². The topological polar surface area (TPSA) is 26.0 Å². The molecule has 0 aromatic rings. The summed E-state index contributed by atoms with van der Waals surface area (Å²) in [4.78, 5) is 0. The summed E-state index contributed by atoms with van der Waals surface area (Å²) in [7, 11) is 0. The molecule has 2 N–H and O–H groups in total. The molecule has 2 heteroatoms. The van der Waals surface area contributed by atoms with Crippen LogP contribution in [-0.2, 0) is 17.1 Å². The van der Waals surface area contributed by atoms with Gasteiger partial charge in [0.25, 0.3) is 0 Å². The Hall–Kier alpha value is 0.479. The van der Waals surface area contributed by atoms with E-state index in [0.717, 1.165) is 6.42 Å². The number of hydrogen-bond acceptors (Lipinski definition) is 1. The van der Waals surface area contributed by atoms with Gasteiger partial charge in [-0.15, -0.1) is 0 Å². The largest absolute Gasteiger partial charge is 0.328 e. The van der Waals surface area contributed by atoms with Crippen molar-refractivity contribution in [2.45, 2.75) is 26.3 Å². The second-order valence-corrected chi connectivity index (χ2v) is 1.39. The molecule has 0 rings (SSSR count). The SMILES string of the molecule is CCC(C)N.[Cu]. The van der Waals surface area contributed by atoms with Gasteiger partial charge in [-0.05, 0) is 13.3 Å². The van der Waals surface area contributed by atoms with Crippen LogP contribution in [0.3, 0.4) is 0 Å². The van der Waals surface area contributed by atoms with Crippen LogP contribution in [0.4, 0.5) is 0 Å². The van der Waals surface area contributed by atoms with Gasteiger partial charge < -0.3 is 5.73 Å². The summed E-state index contributed by atoms with van der Waals surface area (Å²) in [6.45, 7) is 4.07. The molecule has 0 aromatic carbocycles. The molecule has 0 spiro atoms. The molecule has 0 aliphatic carbocycles. The standard InChI is InChI=1S/C4H11N.Cu/c1-3-4(2)5;/h4H,3,5H2,1-2H3;. The molecular formula is C4H11CuN. The molecule has 1 radical (unpaired) electrons. The second kappa shape index (κ2) is 5.48. The Kier molecular flexibility index (Phi) is 8.85. The van der Waals surface area contributed by atoms with Crippen molar-refractivity contribution in [1.29, 1.82) is 0 Å². The molecule has 0 bridgehead atoms. The van der Waals surface area contributed by atoms with Crippen LogP contribution >= 0.6 is 0 Å². The van der Waals surface area contributed by atoms with E-state index in [1.165, 1.54) is 0 Å². The van der Waals surface area contributed by atoms with E-state index in [-0.39, 0.29) is 17.1 Å². The van der Waals surface area contributed by atoms with Crippen LogP contribution in [0.1, 0.15) is 20.3 Å². The fourth-order valence-corrected chi connectivity index (χ4v) is 0. The zero-order chi connectivity index (χ0) is 4.28. The van der Waals surface area contributed by atoms with E-state index in [0.29, 0.717) is 6.04 Å². The summed E-state index contributed by atoms with van der Waals surface area (Å²) >= 11 is 0. The number of hydrogen-bond donors (Lipinski definition) is 1. The molecule has 0 aliphatic heterocycles. The summed E-state index contributed by atoms with van der Waals surface area (Å²) in [5, 5.41) is 0. The van der Waals surface area contributed by atoms with Crippen molar-refractivity contribution < 1.29 is 17.1 Å². The average molecular weight is 137 g/mol. The van der Waals surface area contributed by atoms with Gasteiger partial charge in [0.05, 0.1) is 0 Å². The second-order valence-electron chi connectivity index (χ2n) is 1.39. The zero-order valence-corrected chi connectivity index (χ0v) is 5.10. The smallest absolute Gasteiger partial charge is 0.000781 e. The van der Waals surface area contributed by atoms with E-state index >= 15 is 0 Å². The van der Waals surface area contributed by atoms with Crippen molar-refractivity contribution >= 4 is 0 Å². The van der Waals surface area contributed by atoms with Crippen molar-refractivity contribution in [3.63, 3.8) is 0 Å². The van der Waals surface area contributed by atoms with Crippen molar-refractivity contribution in [3.05, 3.63) is 0 Å². The molecule has 1 unspecified atom stereocenters. The predicted molar refractivity (Wildman–Crippen MR) is 23.9 cm³/mol. The maximum atomic E-state index is 5.29. The Balaban J connectivity index is 0. The number of rotatable bonds is 1. The fourth-order valence-electron chi connectivity index (χ4n) is 0. The quantitative estimate of drug-likeness (QED) is 0.529. The van der Waals surface area contributed by atoms with Crippen LogP contribution in [0, 0.1) is 0 Å². The summed E-state index contributed by atoms with van der Waals surface area (Å²) < 4.78 is 0. The third-order valence-electron chi connectivity index (χ3n) is 0.644. The fraction of sp³-hybridized carbons (Fsp3) is 1.00. The minimum Gasteiger partial charge on any atom is -0.328 e. The van der Waals surface area contributed by atoms with E-state index in [1.807, 2.05) is 6.92 Å². The van der Waals surface area contributed by atoms with Gasteiger partial charge in [0.1, 0.15) is 0 Å². The first-order chi connectivity index (χ1) is 2.27. The van der Waals surface area contributed by atoms with Gasteiger partial charge in [0.2, 0.25) is 0 Å². The molecule has 0 saturated heterocycles. The molecule has 0 aliphatic rings. The van der Waals surface area contributed by atoms with Crippen molar-refractivity contribution in [3.8, 4) is 0 Å². The summed E-state index contributed by atoms with van der Waals surface area (Å²) in [6.07, 6.45) is 1.08. The third kappa shape index (κ3) is 8.82. The van der Waals surface area contributed by atoms with Gasteiger partial charge in [-0.2, -0.15) is 0 Å². The van der Waals surface area contributed by atoms with E-state index in [9.17, 15) is 0 Å². The molecule has 0 heterocycles. The monoisotopic (exact) mass is 136 g/mol. The molecule has 1 atom stereocenters. The zero-order valence-electron chi connectivity index (χ0n) is 4.16. The normalized spacial score (nSPS) is 12.5. The van der Waals surface area contributed by atoms with Crippen molar-refractivity contribution in [2.24, 2.45) is 5.73 Å². The first-order valence-corrected chi connectivity index (χ1v) is 2.03. The van der Waals surface area contributed by atoms with Crippen LogP contribution in [-0.4, -0.2) is 6.04 Å². The minimum absolute atomic E-state index is 0. The molecule has 0 aromatic heterocycles. The summed E-state index contributed by atoms with van der Waals surface area (Å²) in [5.41, 5.74) is 5.29. The van der Waals surface area contributed by atoms with Gasteiger partial charge in [-0.25, -0.2) is 0 Å². The first kappa shape index (κ1) is 9.70. The molecule has 6 heavy (non-hydrogen) atoms. The Labute approximate surface area is 49.8 Å². The van der Waals surface area contributed by atoms with Gasteiger partial charge in [0, 0.05) is 23.1 Å². The van der Waals surface area contributed by atoms with Crippen molar-refractivity contribution in [2.75, 3.05) is 0 Å². The van der Waals surface area contributed by atoms with E-state index in [1.54, 1.807) is 0 Å².